The largest absolute Gasteiger partial charge is 0.487 e. The summed E-state index contributed by atoms with van der Waals surface area (Å²) in [5.41, 5.74) is 5.03. The Hall–Kier alpha value is -2.09. The van der Waals surface area contributed by atoms with Gasteiger partial charge in [-0.25, -0.2) is 0 Å². The van der Waals surface area contributed by atoms with Crippen LogP contribution in [0.1, 0.15) is 35.3 Å². The first-order valence-corrected chi connectivity index (χ1v) is 6.87. The van der Waals surface area contributed by atoms with Gasteiger partial charge in [0, 0.05) is 12.0 Å². The Morgan fingerprint density at radius 1 is 1.15 bits per heavy atom. The summed E-state index contributed by atoms with van der Waals surface area (Å²) in [6, 6.07) is 12.1. The molecule has 0 radical (unpaired) electrons. The SMILES string of the molecule is Cc1ccc(C=O)c(-c2ccc3c(c2)CC(C)(C)O3)c1. The number of carbonyl (C=O) groups excluding carboxylic acids is 1. The van der Waals surface area contributed by atoms with E-state index in [4.69, 9.17) is 4.74 Å². The van der Waals surface area contributed by atoms with Crippen LogP contribution >= 0.6 is 0 Å². The number of rotatable bonds is 2. The first-order valence-electron chi connectivity index (χ1n) is 6.87. The zero-order chi connectivity index (χ0) is 14.3. The number of ether oxygens (including phenoxy) is 1. The second-order valence-corrected chi connectivity index (χ2v) is 6.07. The zero-order valence-electron chi connectivity index (χ0n) is 12.1. The number of aryl methyl sites for hydroxylation is 1. The van der Waals surface area contributed by atoms with Crippen LogP contribution in [0.3, 0.4) is 0 Å². The molecule has 1 aliphatic heterocycles. The van der Waals surface area contributed by atoms with E-state index in [2.05, 4.69) is 26.0 Å². The Labute approximate surface area is 119 Å². The van der Waals surface area contributed by atoms with Crippen LogP contribution in [0, 0.1) is 6.92 Å². The molecule has 0 aromatic heterocycles. The second kappa shape index (κ2) is 4.48. The maximum absolute atomic E-state index is 11.2. The van der Waals surface area contributed by atoms with Crippen molar-refractivity contribution in [1.82, 2.24) is 0 Å². The molecule has 0 N–H and O–H groups in total. The highest BCUT2D eigenvalue weighted by atomic mass is 16.5. The molecule has 1 heterocycles. The maximum atomic E-state index is 11.2. The number of fused-ring (bicyclic) bond motifs is 1. The fraction of sp³-hybridized carbons (Fsp3) is 0.278. The van der Waals surface area contributed by atoms with Crippen molar-refractivity contribution >= 4 is 6.29 Å². The van der Waals surface area contributed by atoms with Crippen molar-refractivity contribution in [3.05, 3.63) is 53.1 Å². The first kappa shape index (κ1) is 12.9. The smallest absolute Gasteiger partial charge is 0.150 e. The van der Waals surface area contributed by atoms with E-state index in [0.717, 1.165) is 40.7 Å². The normalized spacial score (nSPS) is 15.6. The van der Waals surface area contributed by atoms with Crippen molar-refractivity contribution in [2.24, 2.45) is 0 Å². The molecule has 0 aliphatic carbocycles. The Morgan fingerprint density at radius 2 is 1.95 bits per heavy atom. The van der Waals surface area contributed by atoms with Gasteiger partial charge in [-0.3, -0.25) is 4.79 Å². The summed E-state index contributed by atoms with van der Waals surface area (Å²) in [6.07, 6.45) is 1.82. The van der Waals surface area contributed by atoms with Crippen LogP contribution in [-0.2, 0) is 6.42 Å². The molecule has 0 saturated carbocycles. The molecule has 0 bridgehead atoms. The molecular formula is C18H18O2. The molecule has 0 unspecified atom stereocenters. The minimum atomic E-state index is -0.138. The summed E-state index contributed by atoms with van der Waals surface area (Å²) in [7, 11) is 0. The third-order valence-corrected chi connectivity index (χ3v) is 3.71. The highest BCUT2D eigenvalue weighted by Crippen LogP contribution is 2.37. The molecule has 0 spiro atoms. The Balaban J connectivity index is 2.09. The van der Waals surface area contributed by atoms with E-state index in [1.54, 1.807) is 0 Å². The summed E-state index contributed by atoms with van der Waals surface area (Å²) < 4.78 is 5.90. The van der Waals surface area contributed by atoms with E-state index in [0.29, 0.717) is 0 Å². The van der Waals surface area contributed by atoms with Gasteiger partial charge in [-0.05, 0) is 49.6 Å². The lowest BCUT2D eigenvalue weighted by Gasteiger charge is -2.16. The highest BCUT2D eigenvalue weighted by molar-refractivity contribution is 5.88. The van der Waals surface area contributed by atoms with Crippen LogP contribution in [0.5, 0.6) is 5.75 Å². The minimum absolute atomic E-state index is 0.138. The monoisotopic (exact) mass is 266 g/mol. The molecule has 3 rings (SSSR count). The van der Waals surface area contributed by atoms with E-state index in [1.807, 2.05) is 31.2 Å². The summed E-state index contributed by atoms with van der Waals surface area (Å²) in [5, 5.41) is 0. The predicted octanol–water partition coefficient (Wildman–Crippen LogP) is 4.19. The van der Waals surface area contributed by atoms with Gasteiger partial charge in [0.25, 0.3) is 0 Å². The molecular weight excluding hydrogens is 248 g/mol. The van der Waals surface area contributed by atoms with Gasteiger partial charge in [0.1, 0.15) is 11.4 Å². The Bertz CT molecular complexity index is 684. The lowest BCUT2D eigenvalue weighted by molar-refractivity contribution is 0.112. The van der Waals surface area contributed by atoms with E-state index in [1.165, 1.54) is 5.56 Å². The van der Waals surface area contributed by atoms with Gasteiger partial charge in [0.2, 0.25) is 0 Å². The van der Waals surface area contributed by atoms with Crippen LogP contribution in [-0.4, -0.2) is 11.9 Å². The number of aldehydes is 1. The highest BCUT2D eigenvalue weighted by Gasteiger charge is 2.30. The molecule has 102 valence electrons. The molecule has 2 nitrogen and oxygen atoms in total. The van der Waals surface area contributed by atoms with Crippen molar-refractivity contribution < 1.29 is 9.53 Å². The molecule has 0 fully saturated rings. The number of hydrogen-bond donors (Lipinski definition) is 0. The van der Waals surface area contributed by atoms with E-state index < -0.39 is 0 Å². The second-order valence-electron chi connectivity index (χ2n) is 6.07. The number of hydrogen-bond acceptors (Lipinski definition) is 2. The minimum Gasteiger partial charge on any atom is -0.487 e. The van der Waals surface area contributed by atoms with E-state index in [9.17, 15) is 4.79 Å². The van der Waals surface area contributed by atoms with Crippen LogP contribution in [0.25, 0.3) is 11.1 Å². The van der Waals surface area contributed by atoms with Crippen molar-refractivity contribution in [2.75, 3.05) is 0 Å². The average molecular weight is 266 g/mol. The van der Waals surface area contributed by atoms with Gasteiger partial charge in [-0.1, -0.05) is 29.8 Å². The summed E-state index contributed by atoms with van der Waals surface area (Å²) in [4.78, 5) is 11.2. The lowest BCUT2D eigenvalue weighted by Crippen LogP contribution is -2.24. The van der Waals surface area contributed by atoms with Crippen molar-refractivity contribution in [1.29, 1.82) is 0 Å². The van der Waals surface area contributed by atoms with E-state index >= 15 is 0 Å². The van der Waals surface area contributed by atoms with Gasteiger partial charge in [0.05, 0.1) is 0 Å². The lowest BCUT2D eigenvalue weighted by atomic mass is 9.94. The van der Waals surface area contributed by atoms with Crippen molar-refractivity contribution in [2.45, 2.75) is 32.8 Å². The van der Waals surface area contributed by atoms with Gasteiger partial charge in [-0.2, -0.15) is 0 Å². The predicted molar refractivity (Wildman–Crippen MR) is 80.4 cm³/mol. The van der Waals surface area contributed by atoms with E-state index in [-0.39, 0.29) is 5.60 Å². The Kier molecular flexibility index (Phi) is 2.89. The van der Waals surface area contributed by atoms with Crippen LogP contribution in [0.15, 0.2) is 36.4 Å². The van der Waals surface area contributed by atoms with Crippen LogP contribution in [0.2, 0.25) is 0 Å². The average Bonchev–Trinajstić information content (AvgIpc) is 2.71. The molecule has 0 saturated heterocycles. The fourth-order valence-corrected chi connectivity index (χ4v) is 2.80. The molecule has 0 atom stereocenters. The van der Waals surface area contributed by atoms with Crippen molar-refractivity contribution in [3.8, 4) is 16.9 Å². The van der Waals surface area contributed by atoms with Gasteiger partial charge in [0.15, 0.2) is 6.29 Å². The molecule has 1 aliphatic rings. The Morgan fingerprint density at radius 3 is 2.70 bits per heavy atom. The van der Waals surface area contributed by atoms with Gasteiger partial charge < -0.3 is 4.74 Å². The maximum Gasteiger partial charge on any atom is 0.150 e. The standard InChI is InChI=1S/C18H18O2/c1-12-4-5-14(11-19)16(8-12)13-6-7-17-15(9-13)10-18(2,3)20-17/h4-9,11H,10H2,1-3H3. The number of carbonyl (C=O) groups is 1. The van der Waals surface area contributed by atoms with Crippen LogP contribution < -0.4 is 4.74 Å². The topological polar surface area (TPSA) is 26.3 Å². The van der Waals surface area contributed by atoms with Gasteiger partial charge in [-0.15, -0.1) is 0 Å². The summed E-state index contributed by atoms with van der Waals surface area (Å²) >= 11 is 0. The first-order chi connectivity index (χ1) is 9.48. The fourth-order valence-electron chi connectivity index (χ4n) is 2.80. The quantitative estimate of drug-likeness (QED) is 0.762. The molecule has 2 aromatic rings. The molecule has 20 heavy (non-hydrogen) atoms. The number of benzene rings is 2. The van der Waals surface area contributed by atoms with Crippen molar-refractivity contribution in [3.63, 3.8) is 0 Å². The third kappa shape index (κ3) is 2.22. The molecule has 0 amide bonds. The third-order valence-electron chi connectivity index (χ3n) is 3.71. The summed E-state index contributed by atoms with van der Waals surface area (Å²) in [6.45, 7) is 6.23. The molecule has 2 aromatic carbocycles. The summed E-state index contributed by atoms with van der Waals surface area (Å²) in [5.74, 6) is 0.957. The molecule has 2 heteroatoms. The van der Waals surface area contributed by atoms with Gasteiger partial charge >= 0.3 is 0 Å². The zero-order valence-corrected chi connectivity index (χ0v) is 12.1. The van der Waals surface area contributed by atoms with Crippen LogP contribution in [0.4, 0.5) is 0 Å².